The Hall–Kier alpha value is -4.32. The molecule has 5 aromatic rings. The number of hydrogen-bond acceptors (Lipinski definition) is 5. The molecule has 0 amide bonds. The van der Waals surface area contributed by atoms with Crippen molar-refractivity contribution in [1.29, 1.82) is 0 Å². The Morgan fingerprint density at radius 3 is 2.44 bits per heavy atom. The Labute approximate surface area is 186 Å². The van der Waals surface area contributed by atoms with Crippen molar-refractivity contribution in [3.05, 3.63) is 109 Å². The lowest BCUT2D eigenvalue weighted by atomic mass is 10.2. The van der Waals surface area contributed by atoms with E-state index in [2.05, 4.69) is 27.1 Å². The van der Waals surface area contributed by atoms with Gasteiger partial charge in [0.15, 0.2) is 5.65 Å². The first-order valence-electron chi connectivity index (χ1n) is 10.3. The molecule has 158 valence electrons. The predicted octanol–water partition coefficient (Wildman–Crippen LogP) is 5.79. The van der Waals surface area contributed by atoms with Crippen LogP contribution in [0.5, 0.6) is 11.5 Å². The molecule has 0 radical (unpaired) electrons. The maximum Gasteiger partial charge on any atom is 0.157 e. The Morgan fingerprint density at radius 1 is 0.781 bits per heavy atom. The number of anilines is 3. The topological polar surface area (TPSA) is 51.9 Å². The highest BCUT2D eigenvalue weighted by Gasteiger charge is 2.17. The number of benzene rings is 3. The van der Waals surface area contributed by atoms with Crippen molar-refractivity contribution in [2.45, 2.75) is 6.61 Å². The molecule has 0 aliphatic rings. The quantitative estimate of drug-likeness (QED) is 0.332. The van der Waals surface area contributed by atoms with Gasteiger partial charge in [0.1, 0.15) is 23.9 Å². The van der Waals surface area contributed by atoms with Gasteiger partial charge >= 0.3 is 0 Å². The Balaban J connectivity index is 1.51. The summed E-state index contributed by atoms with van der Waals surface area (Å²) in [6.07, 6.45) is 3.53. The van der Waals surface area contributed by atoms with Crippen LogP contribution >= 0.6 is 0 Å². The van der Waals surface area contributed by atoms with E-state index in [-0.39, 0.29) is 0 Å². The lowest BCUT2D eigenvalue weighted by molar-refractivity contribution is 0.306. The summed E-state index contributed by atoms with van der Waals surface area (Å²) in [5.74, 6) is 2.45. The van der Waals surface area contributed by atoms with Crippen molar-refractivity contribution in [2.24, 2.45) is 0 Å². The van der Waals surface area contributed by atoms with Crippen LogP contribution in [0, 0.1) is 0 Å². The first-order valence-corrected chi connectivity index (χ1v) is 10.3. The number of hydrogen-bond donors (Lipinski definition) is 0. The predicted molar refractivity (Wildman–Crippen MR) is 125 cm³/mol. The van der Waals surface area contributed by atoms with Crippen LogP contribution in [0.2, 0.25) is 0 Å². The molecule has 0 aliphatic heterocycles. The maximum absolute atomic E-state index is 5.97. The van der Waals surface area contributed by atoms with E-state index in [9.17, 15) is 0 Å². The van der Waals surface area contributed by atoms with Crippen LogP contribution in [0.1, 0.15) is 5.56 Å². The van der Waals surface area contributed by atoms with Crippen molar-refractivity contribution in [2.75, 3.05) is 12.0 Å². The second-order valence-corrected chi connectivity index (χ2v) is 7.21. The molecule has 2 heterocycles. The molecule has 0 bridgehead atoms. The molecule has 3 aromatic carbocycles. The fourth-order valence-corrected chi connectivity index (χ4v) is 3.59. The number of ether oxygens (including phenoxy) is 2. The third-order valence-corrected chi connectivity index (χ3v) is 5.15. The van der Waals surface area contributed by atoms with E-state index in [1.165, 1.54) is 0 Å². The summed E-state index contributed by atoms with van der Waals surface area (Å²) in [5, 5.41) is 4.47. The monoisotopic (exact) mass is 422 g/mol. The summed E-state index contributed by atoms with van der Waals surface area (Å²) in [6.45, 7) is 0.526. The number of fused-ring (bicyclic) bond motifs is 1. The highest BCUT2D eigenvalue weighted by Crippen LogP contribution is 2.36. The second-order valence-electron chi connectivity index (χ2n) is 7.21. The zero-order valence-electron chi connectivity index (χ0n) is 17.6. The van der Waals surface area contributed by atoms with E-state index in [0.29, 0.717) is 6.61 Å². The molecule has 0 atom stereocenters. The number of rotatable bonds is 7. The zero-order valence-corrected chi connectivity index (χ0v) is 17.6. The lowest BCUT2D eigenvalue weighted by Crippen LogP contribution is -2.14. The fraction of sp³-hybridized carbons (Fsp3) is 0.0769. The Kier molecular flexibility index (Phi) is 5.41. The van der Waals surface area contributed by atoms with Gasteiger partial charge in [0.2, 0.25) is 0 Å². The molecule has 0 spiro atoms. The minimum absolute atomic E-state index is 0.526. The summed E-state index contributed by atoms with van der Waals surface area (Å²) < 4.78 is 13.2. The van der Waals surface area contributed by atoms with E-state index in [0.717, 1.165) is 39.9 Å². The van der Waals surface area contributed by atoms with Crippen molar-refractivity contribution in [1.82, 2.24) is 14.6 Å². The molecule has 5 rings (SSSR count). The van der Waals surface area contributed by atoms with Crippen LogP contribution in [-0.2, 0) is 6.61 Å². The third-order valence-electron chi connectivity index (χ3n) is 5.15. The summed E-state index contributed by atoms with van der Waals surface area (Å²) in [6, 6.07) is 29.9. The number of methoxy groups -OCH3 is 1. The summed E-state index contributed by atoms with van der Waals surface area (Å²) in [7, 11) is 1.67. The Morgan fingerprint density at radius 2 is 1.62 bits per heavy atom. The van der Waals surface area contributed by atoms with E-state index in [1.807, 2.05) is 83.4 Å². The van der Waals surface area contributed by atoms with Crippen LogP contribution in [0.4, 0.5) is 17.2 Å². The van der Waals surface area contributed by atoms with Crippen molar-refractivity contribution in [3.63, 3.8) is 0 Å². The van der Waals surface area contributed by atoms with Gasteiger partial charge in [-0.05, 0) is 48.0 Å². The van der Waals surface area contributed by atoms with E-state index < -0.39 is 0 Å². The van der Waals surface area contributed by atoms with Gasteiger partial charge in [-0.3, -0.25) is 4.90 Å². The van der Waals surface area contributed by atoms with Gasteiger partial charge in [0, 0.05) is 24.0 Å². The van der Waals surface area contributed by atoms with Gasteiger partial charge in [-0.1, -0.05) is 36.4 Å². The smallest absolute Gasteiger partial charge is 0.157 e. The molecule has 6 heteroatoms. The van der Waals surface area contributed by atoms with Crippen LogP contribution in [0.15, 0.2) is 103 Å². The van der Waals surface area contributed by atoms with Gasteiger partial charge in [0.05, 0.1) is 19.0 Å². The fourth-order valence-electron chi connectivity index (χ4n) is 3.59. The van der Waals surface area contributed by atoms with E-state index in [4.69, 9.17) is 9.47 Å². The molecule has 32 heavy (non-hydrogen) atoms. The molecule has 0 aliphatic carbocycles. The van der Waals surface area contributed by atoms with Gasteiger partial charge in [-0.2, -0.15) is 9.61 Å². The molecule has 0 saturated heterocycles. The highest BCUT2D eigenvalue weighted by molar-refractivity contribution is 5.76. The zero-order chi connectivity index (χ0) is 21.8. The molecule has 0 saturated carbocycles. The SMILES string of the molecule is COc1cccc(N(c2ccc(OCc3ccccc3)cc2)c2ccnc3ccnn23)c1. The molecule has 0 N–H and O–H groups in total. The molecule has 0 unspecified atom stereocenters. The first kappa shape index (κ1) is 19.6. The van der Waals surface area contributed by atoms with Crippen molar-refractivity contribution in [3.8, 4) is 11.5 Å². The minimum Gasteiger partial charge on any atom is -0.497 e. The summed E-state index contributed by atoms with van der Waals surface area (Å²) in [5.41, 5.74) is 3.82. The van der Waals surface area contributed by atoms with Crippen LogP contribution in [0.3, 0.4) is 0 Å². The van der Waals surface area contributed by atoms with Crippen molar-refractivity contribution < 1.29 is 9.47 Å². The van der Waals surface area contributed by atoms with Gasteiger partial charge in [0.25, 0.3) is 0 Å². The van der Waals surface area contributed by atoms with E-state index >= 15 is 0 Å². The van der Waals surface area contributed by atoms with Crippen LogP contribution < -0.4 is 14.4 Å². The average molecular weight is 422 g/mol. The second kappa shape index (κ2) is 8.81. The van der Waals surface area contributed by atoms with E-state index in [1.54, 1.807) is 19.5 Å². The number of aromatic nitrogens is 3. The molecule has 6 nitrogen and oxygen atoms in total. The standard InChI is InChI=1S/C26H22N4O2/c1-31-24-9-5-8-22(18-24)29(26-15-16-27-25-14-17-28-30(25)26)21-10-12-23(13-11-21)32-19-20-6-3-2-4-7-20/h2-18H,19H2,1H3. The van der Waals surface area contributed by atoms with Crippen LogP contribution in [-0.4, -0.2) is 21.7 Å². The van der Waals surface area contributed by atoms with Gasteiger partial charge in [-0.15, -0.1) is 0 Å². The molecular formula is C26H22N4O2. The molecule has 0 fully saturated rings. The molecule has 2 aromatic heterocycles. The minimum atomic E-state index is 0.526. The largest absolute Gasteiger partial charge is 0.497 e. The highest BCUT2D eigenvalue weighted by atomic mass is 16.5. The normalized spacial score (nSPS) is 10.8. The Bertz CT molecular complexity index is 1320. The number of nitrogens with zero attached hydrogens (tertiary/aromatic N) is 4. The molecular weight excluding hydrogens is 400 g/mol. The van der Waals surface area contributed by atoms with Gasteiger partial charge in [-0.25, -0.2) is 4.98 Å². The third kappa shape index (κ3) is 3.98. The maximum atomic E-state index is 5.97. The van der Waals surface area contributed by atoms with Crippen LogP contribution in [0.25, 0.3) is 5.65 Å². The lowest BCUT2D eigenvalue weighted by Gasteiger charge is -2.26. The first-order chi connectivity index (χ1) is 15.8. The average Bonchev–Trinajstić information content (AvgIpc) is 3.34. The summed E-state index contributed by atoms with van der Waals surface area (Å²) in [4.78, 5) is 6.52. The summed E-state index contributed by atoms with van der Waals surface area (Å²) >= 11 is 0. The van der Waals surface area contributed by atoms with Crippen molar-refractivity contribution >= 4 is 22.8 Å². The van der Waals surface area contributed by atoms with Gasteiger partial charge < -0.3 is 9.47 Å².